The Bertz CT molecular complexity index is 1090. The first-order valence-corrected chi connectivity index (χ1v) is 8.89. The standard InChI is InChI=1S/C19H23N5O4/c1-12-5-4-7-24-16(12)22-17-14(19(24)26)11-13(18(25)21-6-9-27-2)15(20)23(17)8-10-28-3/h4-5,7,11,20H,6,8-10H2,1-3H3,(H,21,25)/p+1. The average molecular weight is 386 g/mol. The van der Waals surface area contributed by atoms with Crippen molar-refractivity contribution in [3.8, 4) is 0 Å². The third-order valence-corrected chi connectivity index (χ3v) is 4.53. The normalized spacial score (nSPS) is 11.2. The SMILES string of the molecule is COCCNC(=O)c1cc2c(=O)n3cccc(C)c3nc2[n+](CCOC)c1N. The summed E-state index contributed by atoms with van der Waals surface area (Å²) in [6, 6.07) is 5.17. The number of amides is 1. The summed E-state index contributed by atoms with van der Waals surface area (Å²) in [6.07, 6.45) is 1.66. The molecule has 28 heavy (non-hydrogen) atoms. The van der Waals surface area contributed by atoms with Crippen molar-refractivity contribution in [1.82, 2.24) is 14.7 Å². The van der Waals surface area contributed by atoms with E-state index in [-0.39, 0.29) is 22.8 Å². The number of carbonyl (C=O) groups excluding carboxylic acids is 1. The molecule has 0 fully saturated rings. The lowest BCUT2D eigenvalue weighted by atomic mass is 10.1. The van der Waals surface area contributed by atoms with E-state index in [2.05, 4.69) is 10.3 Å². The van der Waals surface area contributed by atoms with Crippen molar-refractivity contribution in [2.45, 2.75) is 13.5 Å². The number of ether oxygens (including phenoxy) is 2. The highest BCUT2D eigenvalue weighted by Crippen LogP contribution is 2.15. The Morgan fingerprint density at radius 2 is 2.07 bits per heavy atom. The summed E-state index contributed by atoms with van der Waals surface area (Å²) < 4.78 is 13.2. The van der Waals surface area contributed by atoms with Crippen LogP contribution in [0.5, 0.6) is 0 Å². The van der Waals surface area contributed by atoms with Crippen molar-refractivity contribution in [3.63, 3.8) is 0 Å². The quantitative estimate of drug-likeness (QED) is 0.337. The monoisotopic (exact) mass is 386 g/mol. The summed E-state index contributed by atoms with van der Waals surface area (Å²) in [4.78, 5) is 30.4. The zero-order valence-corrected chi connectivity index (χ0v) is 16.2. The number of pyridine rings is 2. The number of rotatable bonds is 7. The second-order valence-electron chi connectivity index (χ2n) is 6.38. The van der Waals surface area contributed by atoms with Crippen LogP contribution in [0.2, 0.25) is 0 Å². The first kappa shape index (κ1) is 19.7. The van der Waals surface area contributed by atoms with Gasteiger partial charge in [0.15, 0.2) is 0 Å². The van der Waals surface area contributed by atoms with E-state index in [0.717, 1.165) is 5.56 Å². The van der Waals surface area contributed by atoms with E-state index in [1.807, 2.05) is 13.0 Å². The number of nitrogens with zero attached hydrogens (tertiary/aromatic N) is 3. The highest BCUT2D eigenvalue weighted by atomic mass is 16.5. The maximum absolute atomic E-state index is 13.1. The molecule has 3 heterocycles. The minimum absolute atomic E-state index is 0.214. The highest BCUT2D eigenvalue weighted by Gasteiger charge is 2.24. The molecule has 1 amide bonds. The van der Waals surface area contributed by atoms with Crippen LogP contribution in [0, 0.1) is 6.92 Å². The number of fused-ring (bicyclic) bond motifs is 2. The van der Waals surface area contributed by atoms with Crippen LogP contribution in [0.1, 0.15) is 15.9 Å². The second-order valence-corrected chi connectivity index (χ2v) is 6.38. The number of hydrogen-bond acceptors (Lipinski definition) is 6. The van der Waals surface area contributed by atoms with E-state index in [9.17, 15) is 9.59 Å². The molecule has 3 N–H and O–H groups in total. The van der Waals surface area contributed by atoms with Gasteiger partial charge in [-0.25, -0.2) is 4.57 Å². The fourth-order valence-corrected chi connectivity index (χ4v) is 3.06. The van der Waals surface area contributed by atoms with E-state index < -0.39 is 0 Å². The summed E-state index contributed by atoms with van der Waals surface area (Å²) in [5, 5.41) is 3.05. The lowest BCUT2D eigenvalue weighted by Crippen LogP contribution is -2.44. The maximum Gasteiger partial charge on any atom is 0.278 e. The van der Waals surface area contributed by atoms with Crippen molar-refractivity contribution < 1.29 is 18.8 Å². The third-order valence-electron chi connectivity index (χ3n) is 4.53. The van der Waals surface area contributed by atoms with Crippen LogP contribution in [0.3, 0.4) is 0 Å². The zero-order valence-electron chi connectivity index (χ0n) is 16.2. The van der Waals surface area contributed by atoms with Gasteiger partial charge in [-0.2, -0.15) is 0 Å². The van der Waals surface area contributed by atoms with Crippen molar-refractivity contribution in [1.29, 1.82) is 0 Å². The number of aryl methyl sites for hydroxylation is 1. The van der Waals surface area contributed by atoms with E-state index in [1.54, 1.807) is 31.0 Å². The fraction of sp³-hybridized carbons (Fsp3) is 0.368. The summed E-state index contributed by atoms with van der Waals surface area (Å²) in [5.41, 5.74) is 8.07. The van der Waals surface area contributed by atoms with Crippen LogP contribution >= 0.6 is 0 Å². The first-order chi connectivity index (χ1) is 13.5. The predicted octanol–water partition coefficient (Wildman–Crippen LogP) is 0.0484. The smallest absolute Gasteiger partial charge is 0.278 e. The van der Waals surface area contributed by atoms with Crippen LogP contribution in [-0.2, 0) is 16.0 Å². The van der Waals surface area contributed by atoms with Gasteiger partial charge in [-0.1, -0.05) is 11.1 Å². The predicted molar refractivity (Wildman–Crippen MR) is 104 cm³/mol. The molecule has 0 atom stereocenters. The third kappa shape index (κ3) is 3.54. The van der Waals surface area contributed by atoms with Gasteiger partial charge in [-0.3, -0.25) is 14.0 Å². The van der Waals surface area contributed by atoms with Crippen LogP contribution in [-0.4, -0.2) is 49.3 Å². The molecular weight excluding hydrogens is 362 g/mol. The Balaban J connectivity index is 2.28. The number of nitrogens with one attached hydrogen (secondary N) is 1. The molecular formula is C19H24N5O4+. The molecule has 0 aliphatic carbocycles. The van der Waals surface area contributed by atoms with Gasteiger partial charge in [0.05, 0.1) is 19.8 Å². The summed E-state index contributed by atoms with van der Waals surface area (Å²) >= 11 is 0. The molecule has 3 rings (SSSR count). The van der Waals surface area contributed by atoms with E-state index in [0.29, 0.717) is 43.0 Å². The molecule has 0 unspecified atom stereocenters. The number of carbonyl (C=O) groups is 1. The van der Waals surface area contributed by atoms with Crippen molar-refractivity contribution in [2.24, 2.45) is 0 Å². The molecule has 148 valence electrons. The Morgan fingerprint density at radius 3 is 2.79 bits per heavy atom. The number of anilines is 1. The largest absolute Gasteiger partial charge is 0.383 e. The zero-order chi connectivity index (χ0) is 20.3. The molecule has 0 radical (unpaired) electrons. The summed E-state index contributed by atoms with van der Waals surface area (Å²) in [6.45, 7) is 3.30. The van der Waals surface area contributed by atoms with E-state index in [4.69, 9.17) is 15.2 Å². The number of methoxy groups -OCH3 is 2. The fourth-order valence-electron chi connectivity index (χ4n) is 3.06. The van der Waals surface area contributed by atoms with E-state index >= 15 is 0 Å². The van der Waals surface area contributed by atoms with Gasteiger partial charge in [0.1, 0.15) is 10.9 Å². The minimum Gasteiger partial charge on any atom is -0.383 e. The number of nitrogens with two attached hydrogens (primary N) is 1. The molecule has 0 saturated carbocycles. The van der Waals surface area contributed by atoms with Crippen LogP contribution in [0.15, 0.2) is 29.2 Å². The van der Waals surface area contributed by atoms with Gasteiger partial charge in [-0.15, -0.1) is 0 Å². The van der Waals surface area contributed by atoms with Gasteiger partial charge >= 0.3 is 0 Å². The van der Waals surface area contributed by atoms with Crippen molar-refractivity contribution in [3.05, 3.63) is 45.9 Å². The molecule has 0 aliphatic heterocycles. The number of aromatic nitrogens is 3. The summed E-state index contributed by atoms with van der Waals surface area (Å²) in [5.74, 6) is -0.152. The minimum atomic E-state index is -0.378. The molecule has 3 aromatic heterocycles. The van der Waals surface area contributed by atoms with E-state index in [1.165, 1.54) is 10.5 Å². The summed E-state index contributed by atoms with van der Waals surface area (Å²) in [7, 11) is 3.12. The topological polar surface area (TPSA) is 112 Å². The van der Waals surface area contributed by atoms with Gasteiger partial charge in [0.2, 0.25) is 11.5 Å². The van der Waals surface area contributed by atoms with Crippen LogP contribution in [0.4, 0.5) is 5.82 Å². The molecule has 3 aromatic rings. The molecule has 9 nitrogen and oxygen atoms in total. The molecule has 0 aliphatic rings. The van der Waals surface area contributed by atoms with Crippen LogP contribution < -0.4 is 21.2 Å². The van der Waals surface area contributed by atoms with Gasteiger partial charge in [0.25, 0.3) is 17.1 Å². The van der Waals surface area contributed by atoms with Crippen LogP contribution in [0.25, 0.3) is 16.7 Å². The second kappa shape index (κ2) is 8.32. The Hall–Kier alpha value is -3.04. The molecule has 9 heteroatoms. The van der Waals surface area contributed by atoms with Gasteiger partial charge in [-0.05, 0) is 19.1 Å². The molecule has 0 aromatic carbocycles. The maximum atomic E-state index is 13.1. The first-order valence-electron chi connectivity index (χ1n) is 8.89. The Labute approximate surface area is 161 Å². The average Bonchev–Trinajstić information content (AvgIpc) is 2.68. The lowest BCUT2D eigenvalue weighted by Gasteiger charge is -2.12. The lowest BCUT2D eigenvalue weighted by molar-refractivity contribution is -0.660. The van der Waals surface area contributed by atoms with Crippen molar-refractivity contribution in [2.75, 3.05) is 39.7 Å². The van der Waals surface area contributed by atoms with Crippen molar-refractivity contribution >= 4 is 28.4 Å². The highest BCUT2D eigenvalue weighted by molar-refractivity contribution is 6.00. The van der Waals surface area contributed by atoms with Gasteiger partial charge in [0, 0.05) is 32.5 Å². The molecule has 0 bridgehead atoms. The Morgan fingerprint density at radius 1 is 1.32 bits per heavy atom. The molecule has 0 spiro atoms. The van der Waals surface area contributed by atoms with Gasteiger partial charge < -0.3 is 20.5 Å². The number of hydrogen-bond donors (Lipinski definition) is 2. The number of nitrogen functional groups attached to an aromatic ring is 1. The molecule has 0 saturated heterocycles. The Kier molecular flexibility index (Phi) is 5.86.